The lowest BCUT2D eigenvalue weighted by atomic mass is 10.4. The van der Waals surface area contributed by atoms with Gasteiger partial charge in [0.15, 0.2) is 5.16 Å². The summed E-state index contributed by atoms with van der Waals surface area (Å²) in [4.78, 5) is 17.4. The van der Waals surface area contributed by atoms with Gasteiger partial charge in [0.2, 0.25) is 5.91 Å². The number of carbonyl (C=O) groups is 1. The molecule has 7 heteroatoms. The first-order valence-corrected chi connectivity index (χ1v) is 7.96. The van der Waals surface area contributed by atoms with Crippen molar-refractivity contribution in [2.45, 2.75) is 30.5 Å². The van der Waals surface area contributed by atoms with Crippen LogP contribution in [0.25, 0.3) is 0 Å². The molecule has 1 atom stereocenters. The molecule has 0 bridgehead atoms. The van der Waals surface area contributed by atoms with E-state index in [-0.39, 0.29) is 17.8 Å². The van der Waals surface area contributed by atoms with Crippen LogP contribution in [0.3, 0.4) is 0 Å². The first kappa shape index (κ1) is 15.1. The van der Waals surface area contributed by atoms with Crippen molar-refractivity contribution in [3.05, 3.63) is 34.3 Å². The van der Waals surface area contributed by atoms with Crippen molar-refractivity contribution in [1.82, 2.24) is 14.9 Å². The number of aliphatic hydroxyl groups is 1. The van der Waals surface area contributed by atoms with Crippen LogP contribution in [0.15, 0.2) is 28.9 Å². The number of nitrogens with one attached hydrogen (secondary N) is 1. The summed E-state index contributed by atoms with van der Waals surface area (Å²) < 4.78 is 1.80. The molecule has 1 amide bonds. The van der Waals surface area contributed by atoms with Gasteiger partial charge in [-0.25, -0.2) is 4.98 Å². The minimum Gasteiger partial charge on any atom is -0.390 e. The van der Waals surface area contributed by atoms with Crippen molar-refractivity contribution in [1.29, 1.82) is 0 Å². The number of aliphatic hydroxyl groups excluding tert-OH is 1. The smallest absolute Gasteiger partial charge is 0.233 e. The molecule has 0 radical (unpaired) electrons. The Balaban J connectivity index is 1.88. The number of thiophene rings is 1. The van der Waals surface area contributed by atoms with E-state index < -0.39 is 0 Å². The lowest BCUT2D eigenvalue weighted by Gasteiger charge is -2.11. The fourth-order valence-corrected chi connectivity index (χ4v) is 3.17. The molecular formula is C13H17N3O2S2. The van der Waals surface area contributed by atoms with Gasteiger partial charge in [0.1, 0.15) is 0 Å². The summed E-state index contributed by atoms with van der Waals surface area (Å²) in [5, 5.41) is 14.5. The molecule has 2 heterocycles. The Morgan fingerprint density at radius 1 is 1.65 bits per heavy atom. The van der Waals surface area contributed by atoms with E-state index in [1.54, 1.807) is 22.1 Å². The third-order valence-corrected chi connectivity index (χ3v) is 4.91. The number of rotatable bonds is 6. The Labute approximate surface area is 126 Å². The number of aromatic nitrogens is 2. The number of hydrogen-bond acceptors (Lipinski definition) is 5. The minimum absolute atomic E-state index is 0.0167. The van der Waals surface area contributed by atoms with Gasteiger partial charge in [0.05, 0.1) is 30.3 Å². The Kier molecular flexibility index (Phi) is 5.22. The number of imidazole rings is 1. The summed E-state index contributed by atoms with van der Waals surface area (Å²) in [6.45, 7) is 2.36. The summed E-state index contributed by atoms with van der Waals surface area (Å²) in [6.07, 6.45) is 1.62. The van der Waals surface area contributed by atoms with Gasteiger partial charge < -0.3 is 15.0 Å². The average Bonchev–Trinajstić information content (AvgIpc) is 3.07. The molecule has 2 aromatic heterocycles. The fourth-order valence-electron chi connectivity index (χ4n) is 1.62. The van der Waals surface area contributed by atoms with Crippen LogP contribution in [0.4, 0.5) is 0 Å². The second-order valence-electron chi connectivity index (χ2n) is 4.31. The van der Waals surface area contributed by atoms with Crippen molar-refractivity contribution >= 4 is 29.0 Å². The third-order valence-electron chi connectivity index (χ3n) is 2.87. The lowest BCUT2D eigenvalue weighted by Crippen LogP contribution is -2.30. The monoisotopic (exact) mass is 311 g/mol. The van der Waals surface area contributed by atoms with E-state index in [1.165, 1.54) is 11.8 Å². The SMILES string of the molecule is CC(Sc1ncc(CO)n1C)C(=O)NCc1cccs1. The molecule has 0 aromatic carbocycles. The molecule has 0 saturated carbocycles. The quantitative estimate of drug-likeness (QED) is 0.798. The second kappa shape index (κ2) is 6.92. The van der Waals surface area contributed by atoms with Crippen molar-refractivity contribution in [3.8, 4) is 0 Å². The highest BCUT2D eigenvalue weighted by Crippen LogP contribution is 2.22. The highest BCUT2D eigenvalue weighted by Gasteiger charge is 2.17. The van der Waals surface area contributed by atoms with Crippen LogP contribution in [0.5, 0.6) is 0 Å². The largest absolute Gasteiger partial charge is 0.390 e. The summed E-state index contributed by atoms with van der Waals surface area (Å²) in [5.41, 5.74) is 0.735. The highest BCUT2D eigenvalue weighted by atomic mass is 32.2. The standard InChI is InChI=1S/C13H17N3O2S2/c1-9(12(18)14-7-11-4-3-5-19-11)20-13-15-6-10(8-17)16(13)2/h3-6,9,17H,7-8H2,1-2H3,(H,14,18). The predicted molar refractivity (Wildman–Crippen MR) is 80.6 cm³/mol. The molecule has 2 rings (SSSR count). The van der Waals surface area contributed by atoms with Crippen molar-refractivity contribution in [2.75, 3.05) is 0 Å². The molecule has 2 aromatic rings. The first-order valence-electron chi connectivity index (χ1n) is 6.20. The van der Waals surface area contributed by atoms with Crippen molar-refractivity contribution in [2.24, 2.45) is 7.05 Å². The lowest BCUT2D eigenvalue weighted by molar-refractivity contribution is -0.120. The topological polar surface area (TPSA) is 67.2 Å². The third kappa shape index (κ3) is 3.62. The van der Waals surface area contributed by atoms with Gasteiger partial charge in [-0.3, -0.25) is 4.79 Å². The summed E-state index contributed by atoms with van der Waals surface area (Å²) in [5.74, 6) is -0.0167. The molecule has 0 fully saturated rings. The Hall–Kier alpha value is -1.31. The number of hydrogen-bond donors (Lipinski definition) is 2. The second-order valence-corrected chi connectivity index (χ2v) is 6.65. The van der Waals surface area contributed by atoms with Crippen LogP contribution in [-0.2, 0) is 25.0 Å². The Bertz CT molecular complexity index is 566. The van der Waals surface area contributed by atoms with Gasteiger partial charge in [0, 0.05) is 11.9 Å². The van der Waals surface area contributed by atoms with E-state index in [0.717, 1.165) is 15.7 Å². The van der Waals surface area contributed by atoms with Crippen LogP contribution in [0.2, 0.25) is 0 Å². The first-order chi connectivity index (χ1) is 9.61. The maximum absolute atomic E-state index is 12.0. The van der Waals surface area contributed by atoms with Gasteiger partial charge in [-0.2, -0.15) is 0 Å². The number of amides is 1. The highest BCUT2D eigenvalue weighted by molar-refractivity contribution is 8.00. The van der Waals surface area contributed by atoms with Gasteiger partial charge in [-0.15, -0.1) is 11.3 Å². The molecule has 0 aliphatic carbocycles. The molecule has 0 saturated heterocycles. The zero-order chi connectivity index (χ0) is 14.5. The number of thioether (sulfide) groups is 1. The van der Waals surface area contributed by atoms with Gasteiger partial charge in [-0.1, -0.05) is 17.8 Å². The average molecular weight is 311 g/mol. The van der Waals surface area contributed by atoms with E-state index in [2.05, 4.69) is 10.3 Å². The summed E-state index contributed by atoms with van der Waals surface area (Å²) in [6, 6.07) is 3.96. The zero-order valence-electron chi connectivity index (χ0n) is 11.4. The predicted octanol–water partition coefficient (Wildman–Crippen LogP) is 1.77. The molecule has 0 spiro atoms. The van der Waals surface area contributed by atoms with E-state index in [0.29, 0.717) is 6.54 Å². The van der Waals surface area contributed by atoms with E-state index >= 15 is 0 Å². The van der Waals surface area contributed by atoms with Crippen LogP contribution in [0, 0.1) is 0 Å². The van der Waals surface area contributed by atoms with Crippen LogP contribution in [-0.4, -0.2) is 25.8 Å². The van der Waals surface area contributed by atoms with Crippen LogP contribution in [0.1, 0.15) is 17.5 Å². The molecule has 1 unspecified atom stereocenters. The number of carbonyl (C=O) groups excluding carboxylic acids is 1. The molecule has 5 nitrogen and oxygen atoms in total. The maximum atomic E-state index is 12.0. The molecule has 0 aliphatic heterocycles. The molecule has 0 aliphatic rings. The van der Waals surface area contributed by atoms with Gasteiger partial charge >= 0.3 is 0 Å². The van der Waals surface area contributed by atoms with E-state index in [4.69, 9.17) is 5.11 Å². The maximum Gasteiger partial charge on any atom is 0.233 e. The van der Waals surface area contributed by atoms with E-state index in [9.17, 15) is 4.79 Å². The normalized spacial score (nSPS) is 12.3. The van der Waals surface area contributed by atoms with Crippen molar-refractivity contribution in [3.63, 3.8) is 0 Å². The summed E-state index contributed by atoms with van der Waals surface area (Å²) in [7, 11) is 1.83. The summed E-state index contributed by atoms with van der Waals surface area (Å²) >= 11 is 3.01. The van der Waals surface area contributed by atoms with Crippen LogP contribution < -0.4 is 5.32 Å². The fraction of sp³-hybridized carbons (Fsp3) is 0.385. The van der Waals surface area contributed by atoms with Gasteiger partial charge in [-0.05, 0) is 18.4 Å². The van der Waals surface area contributed by atoms with Crippen molar-refractivity contribution < 1.29 is 9.90 Å². The Morgan fingerprint density at radius 3 is 3.05 bits per heavy atom. The molecular weight excluding hydrogens is 294 g/mol. The molecule has 2 N–H and O–H groups in total. The van der Waals surface area contributed by atoms with Gasteiger partial charge in [0.25, 0.3) is 0 Å². The van der Waals surface area contributed by atoms with E-state index in [1.807, 2.05) is 31.5 Å². The zero-order valence-corrected chi connectivity index (χ0v) is 13.0. The van der Waals surface area contributed by atoms with Crippen LogP contribution >= 0.6 is 23.1 Å². The number of nitrogens with zero attached hydrogens (tertiary/aromatic N) is 2. The minimum atomic E-state index is -0.234. The Morgan fingerprint density at radius 2 is 2.45 bits per heavy atom. The molecule has 20 heavy (non-hydrogen) atoms. The molecule has 108 valence electrons.